The minimum atomic E-state index is -0.643. The molecular weight excluding hydrogens is 440 g/mol. The Labute approximate surface area is 209 Å². The number of nitrogens with zero attached hydrogens (tertiary/aromatic N) is 2. The summed E-state index contributed by atoms with van der Waals surface area (Å²) >= 11 is 0. The normalized spacial score (nSPS) is 17.6. The van der Waals surface area contributed by atoms with Crippen LogP contribution in [0.2, 0.25) is 0 Å². The minimum absolute atomic E-state index is 0.141. The molecule has 1 unspecified atom stereocenters. The van der Waals surface area contributed by atoms with E-state index < -0.39 is 17.7 Å². The lowest BCUT2D eigenvalue weighted by atomic mass is 9.92. The number of aliphatic hydroxyl groups is 1. The predicted octanol–water partition coefficient (Wildman–Crippen LogP) is 5.28. The number of rotatable bonds is 10. The Balaban J connectivity index is 2.07. The zero-order chi connectivity index (χ0) is 25.7. The van der Waals surface area contributed by atoms with Crippen molar-refractivity contribution in [2.24, 2.45) is 0 Å². The fourth-order valence-electron chi connectivity index (χ4n) is 4.43. The van der Waals surface area contributed by atoms with E-state index in [0.29, 0.717) is 30.4 Å². The van der Waals surface area contributed by atoms with Gasteiger partial charge >= 0.3 is 0 Å². The molecule has 0 aromatic heterocycles. The zero-order valence-corrected chi connectivity index (χ0v) is 21.8. The van der Waals surface area contributed by atoms with Crippen molar-refractivity contribution in [1.29, 1.82) is 0 Å². The van der Waals surface area contributed by atoms with Crippen LogP contribution in [0.15, 0.2) is 48.0 Å². The van der Waals surface area contributed by atoms with Crippen molar-refractivity contribution < 1.29 is 19.4 Å². The number of Topliss-reactive ketones (excluding diaryl/α,β-unsaturated/α-hetero) is 1. The zero-order valence-electron chi connectivity index (χ0n) is 21.8. The molecule has 0 spiro atoms. The van der Waals surface area contributed by atoms with Gasteiger partial charge in [0.1, 0.15) is 11.5 Å². The highest BCUT2D eigenvalue weighted by atomic mass is 16.5. The van der Waals surface area contributed by atoms with Gasteiger partial charge in [-0.15, -0.1) is 0 Å². The van der Waals surface area contributed by atoms with Crippen molar-refractivity contribution in [2.75, 3.05) is 33.8 Å². The summed E-state index contributed by atoms with van der Waals surface area (Å²) in [5, 5.41) is 11.4. The summed E-state index contributed by atoms with van der Waals surface area (Å²) in [4.78, 5) is 30.1. The summed E-state index contributed by atoms with van der Waals surface area (Å²) < 4.78 is 5.70. The van der Waals surface area contributed by atoms with Gasteiger partial charge in [0.05, 0.1) is 18.2 Å². The third-order valence-electron chi connectivity index (χ3n) is 6.39. The Bertz CT molecular complexity index is 1090. The molecule has 1 aliphatic rings. The van der Waals surface area contributed by atoms with Crippen molar-refractivity contribution in [3.8, 4) is 5.75 Å². The number of hydrogen-bond donors (Lipinski definition) is 1. The quantitative estimate of drug-likeness (QED) is 0.286. The number of aliphatic hydroxyl groups excluding tert-OH is 1. The van der Waals surface area contributed by atoms with E-state index in [4.69, 9.17) is 4.74 Å². The molecule has 2 aromatic carbocycles. The van der Waals surface area contributed by atoms with Gasteiger partial charge in [0.15, 0.2) is 0 Å². The molecule has 1 atom stereocenters. The van der Waals surface area contributed by atoms with Crippen LogP contribution in [0.3, 0.4) is 0 Å². The molecule has 35 heavy (non-hydrogen) atoms. The first-order chi connectivity index (χ1) is 16.6. The average molecular weight is 479 g/mol. The van der Waals surface area contributed by atoms with Gasteiger partial charge in [-0.05, 0) is 81.2 Å². The fraction of sp³-hybridized carbons (Fsp3) is 0.448. The number of carbonyl (C=O) groups excluding carboxylic acids is 2. The van der Waals surface area contributed by atoms with Crippen LogP contribution in [0.1, 0.15) is 67.8 Å². The first-order valence-electron chi connectivity index (χ1n) is 12.4. The lowest BCUT2D eigenvalue weighted by molar-refractivity contribution is -0.139. The summed E-state index contributed by atoms with van der Waals surface area (Å²) in [6.45, 7) is 9.98. The van der Waals surface area contributed by atoms with E-state index in [1.807, 2.05) is 58.3 Å². The van der Waals surface area contributed by atoms with Gasteiger partial charge in [-0.2, -0.15) is 0 Å². The molecule has 1 saturated heterocycles. The van der Waals surface area contributed by atoms with Crippen LogP contribution in [-0.2, 0) is 9.59 Å². The van der Waals surface area contributed by atoms with Crippen LogP contribution in [-0.4, -0.2) is 60.4 Å². The molecule has 2 aromatic rings. The van der Waals surface area contributed by atoms with Gasteiger partial charge in [0, 0.05) is 12.1 Å². The van der Waals surface area contributed by atoms with E-state index in [1.165, 1.54) is 5.56 Å². The van der Waals surface area contributed by atoms with Crippen LogP contribution in [0.4, 0.5) is 0 Å². The van der Waals surface area contributed by atoms with Gasteiger partial charge in [0.25, 0.3) is 11.7 Å². The molecule has 188 valence electrons. The monoisotopic (exact) mass is 478 g/mol. The van der Waals surface area contributed by atoms with Crippen molar-refractivity contribution in [2.45, 2.75) is 52.5 Å². The molecule has 6 nitrogen and oxygen atoms in total. The van der Waals surface area contributed by atoms with E-state index in [9.17, 15) is 14.7 Å². The van der Waals surface area contributed by atoms with Crippen molar-refractivity contribution in [3.05, 3.63) is 70.3 Å². The van der Waals surface area contributed by atoms with Gasteiger partial charge in [-0.25, -0.2) is 0 Å². The molecular formula is C29H38N2O4. The van der Waals surface area contributed by atoms with Gasteiger partial charge in [-0.3, -0.25) is 9.59 Å². The second-order valence-electron chi connectivity index (χ2n) is 9.80. The van der Waals surface area contributed by atoms with E-state index in [-0.39, 0.29) is 11.3 Å². The molecule has 6 heteroatoms. The highest BCUT2D eigenvalue weighted by molar-refractivity contribution is 6.46. The predicted molar refractivity (Wildman–Crippen MR) is 140 cm³/mol. The summed E-state index contributed by atoms with van der Waals surface area (Å²) in [5.41, 5.74) is 3.45. The minimum Gasteiger partial charge on any atom is -0.507 e. The molecule has 1 aliphatic heterocycles. The summed E-state index contributed by atoms with van der Waals surface area (Å²) in [5.74, 6) is -0.270. The lowest BCUT2D eigenvalue weighted by Gasteiger charge is -2.26. The lowest BCUT2D eigenvalue weighted by Crippen LogP contribution is -2.32. The maximum atomic E-state index is 13.3. The van der Waals surface area contributed by atoms with Crippen molar-refractivity contribution >= 4 is 17.4 Å². The van der Waals surface area contributed by atoms with Crippen LogP contribution in [0.5, 0.6) is 5.75 Å². The first kappa shape index (κ1) is 26.5. The SMILES string of the molecule is CCCOc1ccc(/C(O)=C2/C(=O)C(=O)N(CCCN(C)C)C2c2ccc(C(C)C)cc2)c(C)c1. The number of amides is 1. The molecule has 1 fully saturated rings. The number of benzene rings is 2. The summed E-state index contributed by atoms with van der Waals surface area (Å²) in [6, 6.07) is 12.8. The topological polar surface area (TPSA) is 70.1 Å². The van der Waals surface area contributed by atoms with Crippen LogP contribution >= 0.6 is 0 Å². The van der Waals surface area contributed by atoms with Gasteiger partial charge in [0.2, 0.25) is 0 Å². The number of ether oxygens (including phenoxy) is 1. The molecule has 1 N–H and O–H groups in total. The Hall–Kier alpha value is -3.12. The molecule has 0 aliphatic carbocycles. The van der Waals surface area contributed by atoms with Crippen LogP contribution < -0.4 is 4.74 Å². The molecule has 1 amide bonds. The Morgan fingerprint density at radius 1 is 1.11 bits per heavy atom. The second kappa shape index (κ2) is 11.5. The average Bonchev–Trinajstić information content (AvgIpc) is 3.07. The molecule has 1 heterocycles. The van der Waals surface area contributed by atoms with E-state index in [2.05, 4.69) is 18.7 Å². The molecule has 0 saturated carbocycles. The molecule has 0 radical (unpaired) electrons. The van der Waals surface area contributed by atoms with Crippen molar-refractivity contribution in [1.82, 2.24) is 9.80 Å². The number of ketones is 1. The summed E-state index contributed by atoms with van der Waals surface area (Å²) in [6.07, 6.45) is 1.62. The van der Waals surface area contributed by atoms with Gasteiger partial charge in [-0.1, -0.05) is 45.0 Å². The van der Waals surface area contributed by atoms with E-state index in [1.54, 1.807) is 17.0 Å². The summed E-state index contributed by atoms with van der Waals surface area (Å²) in [7, 11) is 3.96. The maximum absolute atomic E-state index is 13.3. The smallest absolute Gasteiger partial charge is 0.295 e. The Morgan fingerprint density at radius 3 is 2.37 bits per heavy atom. The first-order valence-corrected chi connectivity index (χ1v) is 12.4. The van der Waals surface area contributed by atoms with Crippen LogP contribution in [0.25, 0.3) is 5.76 Å². The Morgan fingerprint density at radius 2 is 1.80 bits per heavy atom. The van der Waals surface area contributed by atoms with Crippen LogP contribution in [0, 0.1) is 6.92 Å². The van der Waals surface area contributed by atoms with E-state index >= 15 is 0 Å². The Kier molecular flexibility index (Phi) is 8.73. The van der Waals surface area contributed by atoms with Gasteiger partial charge < -0.3 is 19.6 Å². The maximum Gasteiger partial charge on any atom is 0.295 e. The highest BCUT2D eigenvalue weighted by Crippen LogP contribution is 2.40. The number of carbonyl (C=O) groups is 2. The third-order valence-corrected chi connectivity index (χ3v) is 6.39. The molecule has 3 rings (SSSR count). The number of likely N-dealkylation sites (tertiary alicyclic amines) is 1. The largest absolute Gasteiger partial charge is 0.507 e. The van der Waals surface area contributed by atoms with E-state index in [0.717, 1.165) is 30.5 Å². The number of hydrogen-bond acceptors (Lipinski definition) is 5. The highest BCUT2D eigenvalue weighted by Gasteiger charge is 2.45. The molecule has 0 bridgehead atoms. The third kappa shape index (κ3) is 5.93. The second-order valence-corrected chi connectivity index (χ2v) is 9.80. The van der Waals surface area contributed by atoms with Crippen molar-refractivity contribution in [3.63, 3.8) is 0 Å². The number of aryl methyl sites for hydroxylation is 1. The fourth-order valence-corrected chi connectivity index (χ4v) is 4.43. The standard InChI is InChI=1S/C29H38N2O4/c1-7-17-35-23-13-14-24(20(4)18-23)27(32)25-26(22-11-9-21(10-12-22)19(2)3)31(29(34)28(25)33)16-8-15-30(5)6/h9-14,18-19,26,32H,7-8,15-17H2,1-6H3/b27-25-.